The van der Waals surface area contributed by atoms with Gasteiger partial charge in [-0.05, 0) is 37.9 Å². The SMILES string of the molecule is O=C(Cc1ccc(S(=O)(=O)N2CCCCC2)s1)N1CCCNCC1. The van der Waals surface area contributed by atoms with Gasteiger partial charge in [-0.1, -0.05) is 6.42 Å². The molecule has 0 aliphatic carbocycles. The summed E-state index contributed by atoms with van der Waals surface area (Å²) < 4.78 is 27.3. The lowest BCUT2D eigenvalue weighted by atomic mass is 10.2. The number of amides is 1. The van der Waals surface area contributed by atoms with Crippen molar-refractivity contribution < 1.29 is 13.2 Å². The minimum atomic E-state index is -3.39. The second kappa shape index (κ2) is 7.95. The molecule has 1 aromatic heterocycles. The van der Waals surface area contributed by atoms with E-state index in [0.717, 1.165) is 56.7 Å². The van der Waals surface area contributed by atoms with Gasteiger partial charge in [-0.3, -0.25) is 4.79 Å². The largest absolute Gasteiger partial charge is 0.341 e. The summed E-state index contributed by atoms with van der Waals surface area (Å²) in [5, 5.41) is 3.28. The third-order valence-corrected chi connectivity index (χ3v) is 8.02. The van der Waals surface area contributed by atoms with Crippen LogP contribution in [0, 0.1) is 0 Å². The van der Waals surface area contributed by atoms with Crippen LogP contribution in [0.3, 0.4) is 0 Å². The highest BCUT2D eigenvalue weighted by atomic mass is 32.2. The van der Waals surface area contributed by atoms with E-state index in [1.165, 1.54) is 11.3 Å². The third kappa shape index (κ3) is 4.17. The number of hydrogen-bond acceptors (Lipinski definition) is 5. The molecule has 0 saturated carbocycles. The van der Waals surface area contributed by atoms with Crippen molar-refractivity contribution in [3.05, 3.63) is 17.0 Å². The Morgan fingerprint density at radius 1 is 1.04 bits per heavy atom. The van der Waals surface area contributed by atoms with E-state index < -0.39 is 10.0 Å². The number of carbonyl (C=O) groups is 1. The predicted octanol–water partition coefficient (Wildman–Crippen LogP) is 1.29. The molecule has 2 saturated heterocycles. The first-order valence-electron chi connectivity index (χ1n) is 8.65. The number of rotatable bonds is 4. The van der Waals surface area contributed by atoms with Gasteiger partial charge in [0.2, 0.25) is 5.91 Å². The molecular formula is C16H25N3O3S2. The highest BCUT2D eigenvalue weighted by Crippen LogP contribution is 2.27. The van der Waals surface area contributed by atoms with Crippen LogP contribution in [0.15, 0.2) is 16.3 Å². The number of carbonyl (C=O) groups excluding carboxylic acids is 1. The Morgan fingerprint density at radius 2 is 1.83 bits per heavy atom. The van der Waals surface area contributed by atoms with Crippen molar-refractivity contribution >= 4 is 27.3 Å². The van der Waals surface area contributed by atoms with E-state index in [-0.39, 0.29) is 5.91 Å². The third-order valence-electron chi connectivity index (χ3n) is 4.56. The average molecular weight is 372 g/mol. The molecule has 0 radical (unpaired) electrons. The van der Waals surface area contributed by atoms with Gasteiger partial charge in [0.15, 0.2) is 0 Å². The van der Waals surface area contributed by atoms with Crippen molar-refractivity contribution in [2.45, 2.75) is 36.3 Å². The first-order valence-corrected chi connectivity index (χ1v) is 10.9. The van der Waals surface area contributed by atoms with E-state index in [0.29, 0.717) is 23.7 Å². The second-order valence-electron chi connectivity index (χ2n) is 6.35. The molecule has 0 bridgehead atoms. The maximum atomic E-state index is 12.7. The van der Waals surface area contributed by atoms with Gasteiger partial charge < -0.3 is 10.2 Å². The minimum Gasteiger partial charge on any atom is -0.341 e. The lowest BCUT2D eigenvalue weighted by Crippen LogP contribution is -2.35. The molecule has 1 N–H and O–H groups in total. The Balaban J connectivity index is 1.65. The molecule has 134 valence electrons. The predicted molar refractivity (Wildman–Crippen MR) is 94.7 cm³/mol. The Bertz CT molecular complexity index is 658. The molecular weight excluding hydrogens is 346 g/mol. The van der Waals surface area contributed by atoms with Crippen LogP contribution >= 0.6 is 11.3 Å². The lowest BCUT2D eigenvalue weighted by molar-refractivity contribution is -0.130. The van der Waals surface area contributed by atoms with Crippen LogP contribution < -0.4 is 5.32 Å². The highest BCUT2D eigenvalue weighted by molar-refractivity contribution is 7.91. The quantitative estimate of drug-likeness (QED) is 0.866. The Labute approximate surface area is 147 Å². The van der Waals surface area contributed by atoms with Crippen molar-refractivity contribution in [1.29, 1.82) is 0 Å². The Hall–Kier alpha value is -0.960. The maximum Gasteiger partial charge on any atom is 0.252 e. The maximum absolute atomic E-state index is 12.7. The van der Waals surface area contributed by atoms with Crippen LogP contribution in [-0.4, -0.2) is 62.8 Å². The molecule has 6 nitrogen and oxygen atoms in total. The van der Waals surface area contributed by atoms with Gasteiger partial charge in [0.1, 0.15) is 4.21 Å². The fourth-order valence-electron chi connectivity index (χ4n) is 3.18. The van der Waals surface area contributed by atoms with E-state index in [1.54, 1.807) is 16.4 Å². The Morgan fingerprint density at radius 3 is 2.62 bits per heavy atom. The van der Waals surface area contributed by atoms with Crippen LogP contribution in [0.4, 0.5) is 0 Å². The zero-order chi connectivity index (χ0) is 17.0. The molecule has 2 aliphatic rings. The topological polar surface area (TPSA) is 69.7 Å². The molecule has 1 aromatic rings. The lowest BCUT2D eigenvalue weighted by Gasteiger charge is -2.25. The fourth-order valence-corrected chi connectivity index (χ4v) is 6.20. The second-order valence-corrected chi connectivity index (χ2v) is 9.68. The van der Waals surface area contributed by atoms with Crippen molar-refractivity contribution in [2.75, 3.05) is 39.3 Å². The van der Waals surface area contributed by atoms with Crippen LogP contribution in [0.2, 0.25) is 0 Å². The van der Waals surface area contributed by atoms with E-state index in [1.807, 2.05) is 4.90 Å². The molecule has 3 rings (SSSR count). The number of hydrogen-bond donors (Lipinski definition) is 1. The van der Waals surface area contributed by atoms with E-state index in [4.69, 9.17) is 0 Å². The van der Waals surface area contributed by atoms with Gasteiger partial charge in [0.05, 0.1) is 6.42 Å². The molecule has 2 aliphatic heterocycles. The van der Waals surface area contributed by atoms with Crippen LogP contribution in [0.5, 0.6) is 0 Å². The number of piperidine rings is 1. The zero-order valence-electron chi connectivity index (χ0n) is 13.9. The first-order chi connectivity index (χ1) is 11.6. The summed E-state index contributed by atoms with van der Waals surface area (Å²) in [5.74, 6) is 0.0856. The summed E-state index contributed by atoms with van der Waals surface area (Å²) in [5.41, 5.74) is 0. The summed E-state index contributed by atoms with van der Waals surface area (Å²) in [6, 6.07) is 3.44. The smallest absolute Gasteiger partial charge is 0.252 e. The number of thiophene rings is 1. The average Bonchev–Trinajstić information content (AvgIpc) is 2.89. The van der Waals surface area contributed by atoms with Crippen LogP contribution in [0.1, 0.15) is 30.6 Å². The standard InChI is InChI=1S/C16H25N3O3S2/c20-15(18-9-4-7-17-8-12-18)13-14-5-6-16(23-14)24(21,22)19-10-2-1-3-11-19/h5-6,17H,1-4,7-13H2. The summed E-state index contributed by atoms with van der Waals surface area (Å²) in [4.78, 5) is 15.1. The molecule has 0 atom stereocenters. The summed E-state index contributed by atoms with van der Waals surface area (Å²) in [7, 11) is -3.39. The first kappa shape index (κ1) is 17.8. The van der Waals surface area contributed by atoms with Crippen LogP contribution in [0.25, 0.3) is 0 Å². The highest BCUT2D eigenvalue weighted by Gasteiger charge is 2.27. The molecule has 0 spiro atoms. The van der Waals surface area contributed by atoms with E-state index in [2.05, 4.69) is 5.32 Å². The summed E-state index contributed by atoms with van der Waals surface area (Å²) in [6.45, 7) is 4.48. The van der Waals surface area contributed by atoms with Gasteiger partial charge in [-0.25, -0.2) is 8.42 Å². The zero-order valence-corrected chi connectivity index (χ0v) is 15.5. The monoisotopic (exact) mass is 371 g/mol. The van der Waals surface area contributed by atoms with Gasteiger partial charge in [0.25, 0.3) is 10.0 Å². The normalized spacial score (nSPS) is 20.8. The van der Waals surface area contributed by atoms with Gasteiger partial charge in [-0.2, -0.15) is 4.31 Å². The van der Waals surface area contributed by atoms with Gasteiger partial charge in [-0.15, -0.1) is 11.3 Å². The van der Waals surface area contributed by atoms with Crippen molar-refractivity contribution in [3.63, 3.8) is 0 Å². The molecule has 0 aromatic carbocycles. The van der Waals surface area contributed by atoms with E-state index >= 15 is 0 Å². The molecule has 3 heterocycles. The molecule has 2 fully saturated rings. The van der Waals surface area contributed by atoms with Gasteiger partial charge in [0, 0.05) is 37.6 Å². The molecule has 24 heavy (non-hydrogen) atoms. The number of nitrogens with zero attached hydrogens (tertiary/aromatic N) is 2. The summed E-state index contributed by atoms with van der Waals surface area (Å²) >= 11 is 1.24. The number of nitrogens with one attached hydrogen (secondary N) is 1. The van der Waals surface area contributed by atoms with Gasteiger partial charge >= 0.3 is 0 Å². The number of sulfonamides is 1. The van der Waals surface area contributed by atoms with Crippen molar-refractivity contribution in [1.82, 2.24) is 14.5 Å². The van der Waals surface area contributed by atoms with Crippen LogP contribution in [-0.2, 0) is 21.2 Å². The fraction of sp³-hybridized carbons (Fsp3) is 0.688. The minimum absolute atomic E-state index is 0.0856. The Kier molecular flexibility index (Phi) is 5.91. The molecule has 8 heteroatoms. The summed E-state index contributed by atoms with van der Waals surface area (Å²) in [6.07, 6.45) is 4.21. The molecule has 0 unspecified atom stereocenters. The van der Waals surface area contributed by atoms with E-state index in [9.17, 15) is 13.2 Å². The molecule has 1 amide bonds. The van der Waals surface area contributed by atoms with Crippen molar-refractivity contribution in [3.8, 4) is 0 Å². The van der Waals surface area contributed by atoms with Crippen molar-refractivity contribution in [2.24, 2.45) is 0 Å².